The Kier molecular flexibility index (Phi) is 4.21. The molecule has 0 amide bonds. The number of hydrogen-bond donors (Lipinski definition) is 2. The number of carboxylic acid groups (broad SMARTS) is 1. The molecule has 1 aromatic carbocycles. The normalized spacial score (nSPS) is 11.4. The zero-order chi connectivity index (χ0) is 15.8. The number of anilines is 1. The van der Waals surface area contributed by atoms with Gasteiger partial charge in [0.2, 0.25) is 5.03 Å². The molecule has 2 N–H and O–H groups in total. The molecule has 0 fully saturated rings. The molecule has 21 heavy (non-hydrogen) atoms. The van der Waals surface area contributed by atoms with E-state index in [4.69, 9.17) is 16.7 Å². The summed E-state index contributed by atoms with van der Waals surface area (Å²) in [5.41, 5.74) is -0.377. The molecule has 112 valence electrons. The number of carbonyl (C=O) groups is 1. The first kappa shape index (κ1) is 15.7. The molecule has 1 aromatic heterocycles. The maximum absolute atomic E-state index is 12.3. The van der Waals surface area contributed by atoms with Crippen molar-refractivity contribution in [3.05, 3.63) is 33.4 Å². The summed E-state index contributed by atoms with van der Waals surface area (Å²) >= 11 is 8.74. The summed E-state index contributed by atoms with van der Waals surface area (Å²) in [5, 5.41) is 16.2. The Balaban J connectivity index is 2.51. The van der Waals surface area contributed by atoms with Crippen molar-refractivity contribution in [1.29, 1.82) is 0 Å². The molecule has 0 aliphatic rings. The van der Waals surface area contributed by atoms with Crippen LogP contribution in [0, 0.1) is 0 Å². The van der Waals surface area contributed by atoms with Gasteiger partial charge in [-0.15, -0.1) is 5.10 Å². The molecule has 0 saturated heterocycles. The molecule has 0 aliphatic carbocycles. The first-order chi connectivity index (χ1) is 9.72. The van der Waals surface area contributed by atoms with Crippen molar-refractivity contribution in [3.63, 3.8) is 0 Å². The number of nitrogens with one attached hydrogen (secondary N) is 1. The Hall–Kier alpha value is -1.65. The molecule has 11 heteroatoms. The van der Waals surface area contributed by atoms with Crippen LogP contribution >= 0.6 is 27.5 Å². The fraction of sp³-hybridized carbons (Fsp3) is 0.100. The number of aromatic carboxylic acids is 1. The van der Waals surface area contributed by atoms with Gasteiger partial charge in [0, 0.05) is 12.1 Å². The monoisotopic (exact) mass is 394 g/mol. The Morgan fingerprint density at radius 2 is 2.14 bits per heavy atom. The van der Waals surface area contributed by atoms with Crippen LogP contribution in [-0.2, 0) is 17.1 Å². The van der Waals surface area contributed by atoms with Crippen LogP contribution in [0.3, 0.4) is 0 Å². The number of sulfonamides is 1. The van der Waals surface area contributed by atoms with E-state index in [-0.39, 0.29) is 25.9 Å². The first-order valence-corrected chi connectivity index (χ1v) is 7.98. The Labute approximate surface area is 132 Å². The summed E-state index contributed by atoms with van der Waals surface area (Å²) in [4.78, 5) is 11.1. The number of aromatic nitrogens is 3. The third-order valence-electron chi connectivity index (χ3n) is 2.45. The molecule has 0 bridgehead atoms. The molecule has 0 radical (unpaired) electrons. The van der Waals surface area contributed by atoms with E-state index in [1.165, 1.54) is 25.2 Å². The van der Waals surface area contributed by atoms with E-state index in [0.717, 1.165) is 4.68 Å². The average molecular weight is 396 g/mol. The molecule has 0 aliphatic heterocycles. The van der Waals surface area contributed by atoms with E-state index in [1.807, 2.05) is 0 Å². The quantitative estimate of drug-likeness (QED) is 0.815. The van der Waals surface area contributed by atoms with Gasteiger partial charge in [-0.05, 0) is 34.1 Å². The van der Waals surface area contributed by atoms with Crippen molar-refractivity contribution in [2.45, 2.75) is 5.03 Å². The van der Waals surface area contributed by atoms with Gasteiger partial charge in [-0.25, -0.2) is 9.48 Å². The number of aryl methyl sites for hydroxylation is 1. The largest absolute Gasteiger partial charge is 0.478 e. The highest BCUT2D eigenvalue weighted by Gasteiger charge is 2.25. The standard InChI is InChI=1S/C10H8BrClN4O4S/c1-16-9(8(11)13-15-16)21(19,20)14-7-4-5(12)2-3-6(7)10(17)18/h2-4,14H,1H3,(H,17,18). The van der Waals surface area contributed by atoms with E-state index in [2.05, 4.69) is 31.0 Å². The predicted molar refractivity (Wildman–Crippen MR) is 77.9 cm³/mol. The molecule has 2 aromatic rings. The highest BCUT2D eigenvalue weighted by Crippen LogP contribution is 2.26. The van der Waals surface area contributed by atoms with E-state index in [9.17, 15) is 13.2 Å². The number of benzene rings is 1. The Bertz CT molecular complexity index is 801. The van der Waals surface area contributed by atoms with Crippen LogP contribution < -0.4 is 4.72 Å². The smallest absolute Gasteiger partial charge is 0.337 e. The van der Waals surface area contributed by atoms with E-state index in [0.29, 0.717) is 0 Å². The molecule has 0 atom stereocenters. The van der Waals surface area contributed by atoms with Crippen molar-refractivity contribution in [2.24, 2.45) is 7.05 Å². The SMILES string of the molecule is Cn1nnc(Br)c1S(=O)(=O)Nc1cc(Cl)ccc1C(=O)O. The fourth-order valence-corrected chi connectivity index (χ4v) is 3.93. The summed E-state index contributed by atoms with van der Waals surface area (Å²) in [6, 6.07) is 3.77. The van der Waals surface area contributed by atoms with Crippen molar-refractivity contribution < 1.29 is 18.3 Å². The minimum Gasteiger partial charge on any atom is -0.478 e. The van der Waals surface area contributed by atoms with E-state index < -0.39 is 16.0 Å². The van der Waals surface area contributed by atoms with Gasteiger partial charge in [0.05, 0.1) is 11.3 Å². The molecule has 0 saturated carbocycles. The van der Waals surface area contributed by atoms with Gasteiger partial charge in [0.25, 0.3) is 10.0 Å². The van der Waals surface area contributed by atoms with Crippen molar-refractivity contribution in [2.75, 3.05) is 4.72 Å². The number of nitrogens with zero attached hydrogens (tertiary/aromatic N) is 3. The number of rotatable bonds is 4. The predicted octanol–water partition coefficient (Wildman–Crippen LogP) is 1.73. The lowest BCUT2D eigenvalue weighted by atomic mass is 10.2. The lowest BCUT2D eigenvalue weighted by Gasteiger charge is -2.10. The van der Waals surface area contributed by atoms with E-state index >= 15 is 0 Å². The topological polar surface area (TPSA) is 114 Å². The second-order valence-electron chi connectivity index (χ2n) is 3.91. The molecule has 2 rings (SSSR count). The second kappa shape index (κ2) is 5.62. The molecule has 0 spiro atoms. The van der Waals surface area contributed by atoms with Crippen LogP contribution in [0.15, 0.2) is 27.8 Å². The third kappa shape index (κ3) is 3.17. The van der Waals surface area contributed by atoms with Crippen LogP contribution in [0.2, 0.25) is 5.02 Å². The van der Waals surface area contributed by atoms with Gasteiger partial charge in [0.1, 0.15) is 0 Å². The van der Waals surface area contributed by atoms with Crippen LogP contribution in [-0.4, -0.2) is 34.5 Å². The maximum Gasteiger partial charge on any atom is 0.337 e. The molecule has 0 unspecified atom stereocenters. The number of halogens is 2. The molecular weight excluding hydrogens is 388 g/mol. The van der Waals surface area contributed by atoms with Gasteiger partial charge >= 0.3 is 5.97 Å². The summed E-state index contributed by atoms with van der Waals surface area (Å²) in [5.74, 6) is -1.29. The average Bonchev–Trinajstić information content (AvgIpc) is 2.68. The van der Waals surface area contributed by atoms with Crippen LogP contribution in [0.4, 0.5) is 5.69 Å². The minimum atomic E-state index is -4.09. The highest BCUT2D eigenvalue weighted by atomic mass is 79.9. The number of carboxylic acids is 1. The van der Waals surface area contributed by atoms with Crippen LogP contribution in [0.5, 0.6) is 0 Å². The zero-order valence-electron chi connectivity index (χ0n) is 10.4. The molecule has 8 nitrogen and oxygen atoms in total. The van der Waals surface area contributed by atoms with Gasteiger partial charge in [0.15, 0.2) is 4.60 Å². The van der Waals surface area contributed by atoms with Crippen LogP contribution in [0.1, 0.15) is 10.4 Å². The first-order valence-electron chi connectivity index (χ1n) is 5.33. The Morgan fingerprint density at radius 1 is 1.48 bits per heavy atom. The van der Waals surface area contributed by atoms with Gasteiger partial charge in [-0.2, -0.15) is 8.42 Å². The number of hydrogen-bond acceptors (Lipinski definition) is 5. The van der Waals surface area contributed by atoms with Crippen LogP contribution in [0.25, 0.3) is 0 Å². The summed E-state index contributed by atoms with van der Waals surface area (Å²) < 4.78 is 27.8. The lowest BCUT2D eigenvalue weighted by molar-refractivity contribution is 0.0698. The summed E-state index contributed by atoms with van der Waals surface area (Å²) in [7, 11) is -2.69. The van der Waals surface area contributed by atoms with E-state index in [1.54, 1.807) is 0 Å². The highest BCUT2D eigenvalue weighted by molar-refractivity contribution is 9.10. The fourth-order valence-electron chi connectivity index (χ4n) is 1.59. The van der Waals surface area contributed by atoms with Gasteiger partial charge in [-0.1, -0.05) is 16.8 Å². The van der Waals surface area contributed by atoms with Gasteiger partial charge < -0.3 is 5.11 Å². The Morgan fingerprint density at radius 3 is 2.67 bits per heavy atom. The zero-order valence-corrected chi connectivity index (χ0v) is 13.6. The maximum atomic E-state index is 12.3. The third-order valence-corrected chi connectivity index (χ3v) is 4.93. The second-order valence-corrected chi connectivity index (χ2v) is 6.69. The molecular formula is C10H8BrClN4O4S. The van der Waals surface area contributed by atoms with Crippen molar-refractivity contribution in [1.82, 2.24) is 15.0 Å². The summed E-state index contributed by atoms with van der Waals surface area (Å²) in [6.07, 6.45) is 0. The minimum absolute atomic E-state index is 0.0106. The summed E-state index contributed by atoms with van der Waals surface area (Å²) in [6.45, 7) is 0. The molecule has 1 heterocycles. The van der Waals surface area contributed by atoms with Gasteiger partial charge in [-0.3, -0.25) is 4.72 Å². The van der Waals surface area contributed by atoms with Crippen molar-refractivity contribution in [3.8, 4) is 0 Å². The van der Waals surface area contributed by atoms with Crippen molar-refractivity contribution >= 4 is 49.2 Å². The lowest BCUT2D eigenvalue weighted by Crippen LogP contribution is -2.19.